The van der Waals surface area contributed by atoms with Gasteiger partial charge in [0, 0.05) is 17.7 Å². The maximum Gasteiger partial charge on any atom is 0.351 e. The molecule has 0 aliphatic carbocycles. The fourth-order valence-corrected chi connectivity index (χ4v) is 5.62. The molecule has 152 valence electrons. The van der Waals surface area contributed by atoms with Crippen LogP contribution in [-0.2, 0) is 13.8 Å². The van der Waals surface area contributed by atoms with Crippen LogP contribution in [0.15, 0.2) is 42.5 Å². The van der Waals surface area contributed by atoms with Crippen LogP contribution in [0.2, 0.25) is 5.02 Å². The SMILES string of the molecule is COC(=O)c1sc(-c2ccc(Cl)cc2)nc1NP(=O)(OC)c1ccc(C)cc1C. The molecule has 3 aromatic rings. The number of esters is 1. The number of thiazole rings is 1. The lowest BCUT2D eigenvalue weighted by Gasteiger charge is -2.20. The molecule has 0 bridgehead atoms. The smallest absolute Gasteiger partial charge is 0.351 e. The Balaban J connectivity index is 2.07. The molecule has 2 aromatic carbocycles. The predicted molar refractivity (Wildman–Crippen MR) is 118 cm³/mol. The monoisotopic (exact) mass is 450 g/mol. The van der Waals surface area contributed by atoms with Gasteiger partial charge in [-0.05, 0) is 37.6 Å². The number of halogens is 1. The van der Waals surface area contributed by atoms with Crippen molar-refractivity contribution in [2.45, 2.75) is 13.8 Å². The number of hydrogen-bond acceptors (Lipinski definition) is 6. The summed E-state index contributed by atoms with van der Waals surface area (Å²) in [4.78, 5) is 17.0. The number of benzene rings is 2. The zero-order valence-electron chi connectivity index (χ0n) is 16.4. The van der Waals surface area contributed by atoms with Crippen molar-refractivity contribution in [1.29, 1.82) is 0 Å². The van der Waals surface area contributed by atoms with Gasteiger partial charge in [0.05, 0.1) is 12.4 Å². The van der Waals surface area contributed by atoms with Gasteiger partial charge in [0.15, 0.2) is 10.7 Å². The van der Waals surface area contributed by atoms with E-state index in [0.717, 1.165) is 28.0 Å². The minimum Gasteiger partial charge on any atom is -0.465 e. The van der Waals surface area contributed by atoms with Gasteiger partial charge in [-0.2, -0.15) is 0 Å². The lowest BCUT2D eigenvalue weighted by atomic mass is 10.2. The third kappa shape index (κ3) is 4.54. The van der Waals surface area contributed by atoms with Gasteiger partial charge in [-0.1, -0.05) is 41.4 Å². The Kier molecular flexibility index (Phi) is 6.44. The number of ether oxygens (including phenoxy) is 1. The first-order chi connectivity index (χ1) is 13.8. The molecule has 1 heterocycles. The highest BCUT2D eigenvalue weighted by Crippen LogP contribution is 2.47. The molecule has 0 spiro atoms. The van der Waals surface area contributed by atoms with E-state index in [1.54, 1.807) is 30.3 Å². The van der Waals surface area contributed by atoms with E-state index < -0.39 is 13.5 Å². The summed E-state index contributed by atoms with van der Waals surface area (Å²) in [5, 5.41) is 4.54. The van der Waals surface area contributed by atoms with Crippen LogP contribution >= 0.6 is 30.5 Å². The Morgan fingerprint density at radius 1 is 1.14 bits per heavy atom. The van der Waals surface area contributed by atoms with Gasteiger partial charge in [0.2, 0.25) is 0 Å². The quantitative estimate of drug-likeness (QED) is 0.398. The second kappa shape index (κ2) is 8.67. The number of aryl methyl sites for hydroxylation is 2. The van der Waals surface area contributed by atoms with E-state index >= 15 is 0 Å². The number of hydrogen-bond donors (Lipinski definition) is 1. The van der Waals surface area contributed by atoms with E-state index in [2.05, 4.69) is 10.1 Å². The number of anilines is 1. The number of nitrogens with one attached hydrogen (secondary N) is 1. The largest absolute Gasteiger partial charge is 0.465 e. The molecule has 0 radical (unpaired) electrons. The van der Waals surface area contributed by atoms with Crippen LogP contribution in [0.25, 0.3) is 10.6 Å². The molecule has 9 heteroatoms. The number of rotatable bonds is 6. The zero-order valence-corrected chi connectivity index (χ0v) is 18.8. The Labute approximate surface area is 178 Å². The molecule has 0 saturated carbocycles. The zero-order chi connectivity index (χ0) is 21.2. The molecule has 6 nitrogen and oxygen atoms in total. The summed E-state index contributed by atoms with van der Waals surface area (Å²) < 4.78 is 23.9. The molecular formula is C20H20ClN2O4PS. The second-order valence-corrected chi connectivity index (χ2v) is 9.94. The summed E-state index contributed by atoms with van der Waals surface area (Å²) in [7, 11) is -0.886. The van der Waals surface area contributed by atoms with E-state index in [0.29, 0.717) is 15.3 Å². The maximum atomic E-state index is 13.6. The van der Waals surface area contributed by atoms with Gasteiger partial charge in [-0.3, -0.25) is 9.65 Å². The number of carbonyl (C=O) groups is 1. The van der Waals surface area contributed by atoms with Gasteiger partial charge in [0.25, 0.3) is 0 Å². The molecule has 0 fully saturated rings. The molecule has 29 heavy (non-hydrogen) atoms. The maximum absolute atomic E-state index is 13.6. The molecular weight excluding hydrogens is 431 g/mol. The van der Waals surface area contributed by atoms with Crippen LogP contribution in [0.3, 0.4) is 0 Å². The third-order valence-electron chi connectivity index (χ3n) is 4.27. The average molecular weight is 451 g/mol. The van der Waals surface area contributed by atoms with Crippen molar-refractivity contribution >= 4 is 47.5 Å². The van der Waals surface area contributed by atoms with Crippen molar-refractivity contribution in [3.63, 3.8) is 0 Å². The van der Waals surface area contributed by atoms with Crippen molar-refractivity contribution in [1.82, 2.24) is 4.98 Å². The second-order valence-electron chi connectivity index (χ2n) is 6.33. The number of nitrogens with zero attached hydrogens (tertiary/aromatic N) is 1. The molecule has 3 rings (SSSR count). The van der Waals surface area contributed by atoms with Crippen molar-refractivity contribution in [3.8, 4) is 10.6 Å². The highest BCUT2D eigenvalue weighted by Gasteiger charge is 2.31. The van der Waals surface area contributed by atoms with Crippen LogP contribution in [-0.4, -0.2) is 25.2 Å². The first kappa shape index (κ1) is 21.5. The minimum absolute atomic E-state index is 0.150. The van der Waals surface area contributed by atoms with Gasteiger partial charge in [-0.25, -0.2) is 9.78 Å². The highest BCUT2D eigenvalue weighted by atomic mass is 35.5. The van der Waals surface area contributed by atoms with Crippen molar-refractivity contribution in [2.75, 3.05) is 19.3 Å². The standard InChI is InChI=1S/C20H20ClN2O4PS/c1-12-5-10-16(13(2)11-12)28(25,27-4)23-18-17(20(24)26-3)29-19(22-18)14-6-8-15(21)9-7-14/h5-11H,1-4H3,(H,23,25). The highest BCUT2D eigenvalue weighted by molar-refractivity contribution is 7.68. The molecule has 0 aliphatic rings. The van der Waals surface area contributed by atoms with Crippen molar-refractivity contribution in [3.05, 3.63) is 63.5 Å². The molecule has 1 N–H and O–H groups in total. The lowest BCUT2D eigenvalue weighted by Crippen LogP contribution is -2.17. The van der Waals surface area contributed by atoms with E-state index in [-0.39, 0.29) is 10.7 Å². The molecule has 0 aliphatic heterocycles. The van der Waals surface area contributed by atoms with Gasteiger partial charge >= 0.3 is 13.5 Å². The lowest BCUT2D eigenvalue weighted by molar-refractivity contribution is 0.0607. The van der Waals surface area contributed by atoms with Gasteiger partial charge in [0.1, 0.15) is 5.01 Å². The summed E-state index contributed by atoms with van der Waals surface area (Å²) in [6.07, 6.45) is 0. The molecule has 1 unspecified atom stereocenters. The Bertz CT molecular complexity index is 1100. The number of methoxy groups -OCH3 is 1. The topological polar surface area (TPSA) is 77.5 Å². The van der Waals surface area contributed by atoms with Crippen LogP contribution < -0.4 is 10.4 Å². The van der Waals surface area contributed by atoms with Crippen LogP contribution in [0.1, 0.15) is 20.8 Å². The van der Waals surface area contributed by atoms with Crippen molar-refractivity contribution < 1.29 is 18.6 Å². The van der Waals surface area contributed by atoms with E-state index in [4.69, 9.17) is 20.9 Å². The molecule has 0 saturated heterocycles. The fraction of sp³-hybridized carbons (Fsp3) is 0.200. The molecule has 1 aromatic heterocycles. The Hall–Kier alpha value is -2.18. The summed E-state index contributed by atoms with van der Waals surface area (Å²) in [6, 6.07) is 12.6. The fourth-order valence-electron chi connectivity index (χ4n) is 2.82. The summed E-state index contributed by atoms with van der Waals surface area (Å²) in [6.45, 7) is 3.81. The molecule has 1 atom stereocenters. The Morgan fingerprint density at radius 2 is 1.83 bits per heavy atom. The summed E-state index contributed by atoms with van der Waals surface area (Å²) in [5.41, 5.74) is 2.63. The minimum atomic E-state index is -3.53. The van der Waals surface area contributed by atoms with Crippen molar-refractivity contribution in [2.24, 2.45) is 0 Å². The summed E-state index contributed by atoms with van der Waals surface area (Å²) in [5.74, 6) is -0.426. The van der Waals surface area contributed by atoms with Gasteiger partial charge < -0.3 is 9.26 Å². The van der Waals surface area contributed by atoms with Crippen LogP contribution in [0.4, 0.5) is 5.82 Å². The van der Waals surface area contributed by atoms with Crippen LogP contribution in [0.5, 0.6) is 0 Å². The van der Waals surface area contributed by atoms with E-state index in [9.17, 15) is 9.36 Å². The van der Waals surface area contributed by atoms with E-state index in [1.807, 2.05) is 26.0 Å². The summed E-state index contributed by atoms with van der Waals surface area (Å²) >= 11 is 7.09. The van der Waals surface area contributed by atoms with Crippen LogP contribution in [0, 0.1) is 13.8 Å². The first-order valence-corrected chi connectivity index (χ1v) is 11.5. The normalized spacial score (nSPS) is 13.0. The molecule has 0 amide bonds. The predicted octanol–water partition coefficient (Wildman–Crippen LogP) is 5.44. The Morgan fingerprint density at radius 3 is 2.41 bits per heavy atom. The number of carbonyl (C=O) groups excluding carboxylic acids is 1. The van der Waals surface area contributed by atoms with E-state index in [1.165, 1.54) is 14.2 Å². The third-order valence-corrected chi connectivity index (χ3v) is 7.76. The van der Waals surface area contributed by atoms with Gasteiger partial charge in [-0.15, -0.1) is 11.3 Å². The number of aromatic nitrogens is 1. The first-order valence-electron chi connectivity index (χ1n) is 8.64. The average Bonchev–Trinajstić information content (AvgIpc) is 3.11.